The Bertz CT molecular complexity index is 491. The van der Waals surface area contributed by atoms with E-state index in [-0.39, 0.29) is 24.0 Å². The van der Waals surface area contributed by atoms with E-state index in [9.17, 15) is 0 Å². The number of rotatable bonds is 7. The molecule has 1 saturated heterocycles. The number of thiazole rings is 1. The van der Waals surface area contributed by atoms with Crippen LogP contribution in [-0.2, 0) is 13.0 Å². The fourth-order valence-electron chi connectivity index (χ4n) is 3.12. The highest BCUT2D eigenvalue weighted by Gasteiger charge is 2.19. The quantitative estimate of drug-likeness (QED) is 0.369. The molecule has 0 amide bonds. The van der Waals surface area contributed by atoms with Crippen molar-refractivity contribution >= 4 is 41.3 Å². The molecule has 2 heterocycles. The number of guanidine groups is 1. The summed E-state index contributed by atoms with van der Waals surface area (Å²) in [4.78, 5) is 11.5. The van der Waals surface area contributed by atoms with Crippen molar-refractivity contribution in [3.8, 4) is 0 Å². The molecule has 1 unspecified atom stereocenters. The van der Waals surface area contributed by atoms with Gasteiger partial charge < -0.3 is 10.6 Å². The first-order chi connectivity index (χ1) is 11.3. The molecule has 0 radical (unpaired) electrons. The molecule has 0 saturated carbocycles. The number of halogens is 1. The summed E-state index contributed by atoms with van der Waals surface area (Å²) in [5, 5.41) is 10.1. The van der Waals surface area contributed by atoms with Crippen LogP contribution in [0.1, 0.15) is 50.2 Å². The molecule has 1 aromatic rings. The molecule has 2 N–H and O–H groups in total. The summed E-state index contributed by atoms with van der Waals surface area (Å²) in [5.74, 6) is 0.862. The normalized spacial score (nSPS) is 19.0. The zero-order chi connectivity index (χ0) is 16.5. The lowest BCUT2D eigenvalue weighted by Gasteiger charge is -2.35. The lowest BCUT2D eigenvalue weighted by atomic mass is 10.0. The Labute approximate surface area is 167 Å². The van der Waals surface area contributed by atoms with Gasteiger partial charge >= 0.3 is 0 Å². The van der Waals surface area contributed by atoms with Gasteiger partial charge in [0.15, 0.2) is 5.96 Å². The number of nitrogens with zero attached hydrogens (tertiary/aromatic N) is 3. The molecule has 0 aliphatic carbocycles. The van der Waals surface area contributed by atoms with Gasteiger partial charge in [0.2, 0.25) is 0 Å². The Kier molecular flexibility index (Phi) is 10.8. The first-order valence-corrected chi connectivity index (χ1v) is 9.76. The second-order valence-corrected chi connectivity index (χ2v) is 6.98. The van der Waals surface area contributed by atoms with Gasteiger partial charge in [0.05, 0.1) is 17.2 Å². The van der Waals surface area contributed by atoms with Gasteiger partial charge in [0, 0.05) is 31.6 Å². The second kappa shape index (κ2) is 12.0. The number of aryl methyl sites for hydroxylation is 1. The molecule has 5 nitrogen and oxygen atoms in total. The Morgan fingerprint density at radius 3 is 2.88 bits per heavy atom. The lowest BCUT2D eigenvalue weighted by molar-refractivity contribution is 0.147. The van der Waals surface area contributed by atoms with E-state index >= 15 is 0 Å². The molecule has 1 fully saturated rings. The smallest absolute Gasteiger partial charge is 0.191 e. The molecule has 7 heteroatoms. The van der Waals surface area contributed by atoms with Crippen LogP contribution in [-0.4, -0.2) is 48.6 Å². The van der Waals surface area contributed by atoms with Crippen LogP contribution in [0.5, 0.6) is 0 Å². The number of aromatic nitrogens is 1. The third-order valence-corrected chi connectivity index (χ3v) is 5.52. The summed E-state index contributed by atoms with van der Waals surface area (Å²) in [6.45, 7) is 8.45. The van der Waals surface area contributed by atoms with Crippen LogP contribution in [0.4, 0.5) is 0 Å². The van der Waals surface area contributed by atoms with Crippen LogP contribution in [0.2, 0.25) is 0 Å². The van der Waals surface area contributed by atoms with Crippen molar-refractivity contribution in [2.45, 2.75) is 58.5 Å². The monoisotopic (exact) mass is 465 g/mol. The van der Waals surface area contributed by atoms with E-state index in [1.54, 1.807) is 11.3 Å². The third-order valence-electron chi connectivity index (χ3n) is 4.47. The second-order valence-electron chi connectivity index (χ2n) is 6.03. The molecule has 0 aromatic carbocycles. The van der Waals surface area contributed by atoms with E-state index in [1.165, 1.54) is 37.2 Å². The van der Waals surface area contributed by atoms with E-state index < -0.39 is 0 Å². The number of piperidine rings is 1. The van der Waals surface area contributed by atoms with Crippen molar-refractivity contribution in [3.63, 3.8) is 0 Å². The van der Waals surface area contributed by atoms with Crippen LogP contribution >= 0.6 is 35.3 Å². The zero-order valence-corrected chi connectivity index (χ0v) is 18.3. The maximum atomic E-state index is 4.57. The van der Waals surface area contributed by atoms with Crippen molar-refractivity contribution in [3.05, 3.63) is 16.1 Å². The minimum Gasteiger partial charge on any atom is -0.355 e. The van der Waals surface area contributed by atoms with Crippen LogP contribution in [0.25, 0.3) is 0 Å². The number of likely N-dealkylation sites (tertiary alicyclic amines) is 1. The van der Waals surface area contributed by atoms with Crippen molar-refractivity contribution in [2.24, 2.45) is 4.99 Å². The number of aliphatic imine (C=N–C) groups is 1. The minimum absolute atomic E-state index is 0. The highest BCUT2D eigenvalue weighted by Crippen LogP contribution is 2.18. The third kappa shape index (κ3) is 6.84. The first-order valence-electron chi connectivity index (χ1n) is 8.88. The van der Waals surface area contributed by atoms with Gasteiger partial charge in [0.25, 0.3) is 0 Å². The minimum atomic E-state index is 0. The van der Waals surface area contributed by atoms with E-state index in [0.717, 1.165) is 43.8 Å². The summed E-state index contributed by atoms with van der Waals surface area (Å²) in [6, 6.07) is 0.767. The number of hydrogen-bond donors (Lipinski definition) is 2. The molecule has 1 aliphatic heterocycles. The standard InChI is InChI=1S/C17H31N5S.HI/c1-4-15-8-6-7-10-22(15)11-9-19-17(18-3)20-12-14-13-23-16(5-2)21-14;/h13,15H,4-12H2,1-3H3,(H2,18,19,20);1H. The van der Waals surface area contributed by atoms with E-state index in [2.05, 4.69) is 44.7 Å². The Hall–Kier alpha value is -0.410. The van der Waals surface area contributed by atoms with Gasteiger partial charge in [0.1, 0.15) is 0 Å². The molecule has 1 aliphatic rings. The highest BCUT2D eigenvalue weighted by molar-refractivity contribution is 14.0. The molecule has 2 rings (SSSR count). The Morgan fingerprint density at radius 1 is 1.38 bits per heavy atom. The van der Waals surface area contributed by atoms with Crippen molar-refractivity contribution < 1.29 is 0 Å². The summed E-state index contributed by atoms with van der Waals surface area (Å²) in [5.41, 5.74) is 1.09. The van der Waals surface area contributed by atoms with Gasteiger partial charge in [-0.05, 0) is 32.2 Å². The van der Waals surface area contributed by atoms with Gasteiger partial charge in [-0.15, -0.1) is 35.3 Å². The van der Waals surface area contributed by atoms with Crippen molar-refractivity contribution in [1.29, 1.82) is 0 Å². The molecule has 0 bridgehead atoms. The maximum absolute atomic E-state index is 4.57. The van der Waals surface area contributed by atoms with Crippen LogP contribution in [0.3, 0.4) is 0 Å². The molecule has 138 valence electrons. The van der Waals surface area contributed by atoms with Gasteiger partial charge in [-0.25, -0.2) is 4.98 Å². The number of nitrogens with one attached hydrogen (secondary N) is 2. The predicted octanol–water partition coefficient (Wildman–Crippen LogP) is 3.25. The molecular formula is C17H32IN5S. The SMILES string of the molecule is CCc1nc(CNC(=NC)NCCN2CCCCC2CC)cs1.I. The topological polar surface area (TPSA) is 52.6 Å². The van der Waals surface area contributed by atoms with Crippen LogP contribution < -0.4 is 10.6 Å². The fourth-order valence-corrected chi connectivity index (χ4v) is 3.87. The Morgan fingerprint density at radius 2 is 2.21 bits per heavy atom. The summed E-state index contributed by atoms with van der Waals surface area (Å²) in [7, 11) is 1.82. The average molecular weight is 465 g/mol. The summed E-state index contributed by atoms with van der Waals surface area (Å²) in [6.07, 6.45) is 6.35. The van der Waals surface area contributed by atoms with E-state index in [1.807, 2.05) is 7.05 Å². The molecule has 24 heavy (non-hydrogen) atoms. The van der Waals surface area contributed by atoms with Gasteiger partial charge in [-0.2, -0.15) is 0 Å². The van der Waals surface area contributed by atoms with Gasteiger partial charge in [-0.3, -0.25) is 9.89 Å². The highest BCUT2D eigenvalue weighted by atomic mass is 127. The predicted molar refractivity (Wildman–Crippen MR) is 115 cm³/mol. The molecular weight excluding hydrogens is 433 g/mol. The lowest BCUT2D eigenvalue weighted by Crippen LogP contribution is -2.45. The van der Waals surface area contributed by atoms with Crippen LogP contribution in [0, 0.1) is 0 Å². The largest absolute Gasteiger partial charge is 0.355 e. The average Bonchev–Trinajstić information content (AvgIpc) is 3.06. The zero-order valence-electron chi connectivity index (χ0n) is 15.2. The molecule has 1 atom stereocenters. The van der Waals surface area contributed by atoms with E-state index in [0.29, 0.717) is 0 Å². The van der Waals surface area contributed by atoms with Gasteiger partial charge in [-0.1, -0.05) is 20.3 Å². The molecule has 1 aromatic heterocycles. The molecule has 0 spiro atoms. The number of hydrogen-bond acceptors (Lipinski definition) is 4. The van der Waals surface area contributed by atoms with Crippen molar-refractivity contribution in [2.75, 3.05) is 26.7 Å². The fraction of sp³-hybridized carbons (Fsp3) is 0.765. The summed E-state index contributed by atoms with van der Waals surface area (Å²) < 4.78 is 0. The summed E-state index contributed by atoms with van der Waals surface area (Å²) >= 11 is 1.73. The first kappa shape index (κ1) is 21.6. The Balaban J connectivity index is 0.00000288. The van der Waals surface area contributed by atoms with E-state index in [4.69, 9.17) is 0 Å². The maximum Gasteiger partial charge on any atom is 0.191 e. The van der Waals surface area contributed by atoms with Crippen molar-refractivity contribution in [1.82, 2.24) is 20.5 Å². The van der Waals surface area contributed by atoms with Crippen LogP contribution in [0.15, 0.2) is 10.4 Å².